The Morgan fingerprint density at radius 2 is 2.10 bits per heavy atom. The number of methoxy groups -OCH3 is 1. The number of nitrogens with zero attached hydrogens (tertiary/aromatic N) is 1. The van der Waals surface area contributed by atoms with Crippen molar-refractivity contribution in [3.05, 3.63) is 60.2 Å². The van der Waals surface area contributed by atoms with Gasteiger partial charge in [-0.1, -0.05) is 18.5 Å². The quantitative estimate of drug-likeness (QED) is 0.181. The van der Waals surface area contributed by atoms with Crippen LogP contribution in [0.5, 0.6) is 11.5 Å². The molecule has 6 nitrogen and oxygen atoms in total. The lowest BCUT2D eigenvalue weighted by Crippen LogP contribution is -2.08. The van der Waals surface area contributed by atoms with Gasteiger partial charge in [-0.2, -0.15) is 0 Å². The largest absolute Gasteiger partial charge is 0.493 e. The van der Waals surface area contributed by atoms with Gasteiger partial charge in [-0.15, -0.1) is 0 Å². The molecule has 2 aromatic rings. The number of esters is 2. The number of hydrogen-bond donors (Lipinski definition) is 0. The minimum atomic E-state index is -0.589. The van der Waals surface area contributed by atoms with E-state index in [0.717, 1.165) is 3.57 Å². The van der Waals surface area contributed by atoms with Crippen LogP contribution in [0.2, 0.25) is 5.02 Å². The van der Waals surface area contributed by atoms with E-state index in [-0.39, 0.29) is 23.3 Å². The minimum Gasteiger partial charge on any atom is -0.493 e. The Balaban J connectivity index is 1.95. The molecule has 0 spiro atoms. The Labute approximate surface area is 200 Å². The maximum Gasteiger partial charge on any atom is 0.363 e. The maximum absolute atomic E-state index is 12.3. The molecule has 1 heterocycles. The van der Waals surface area contributed by atoms with Gasteiger partial charge in [-0.05, 0) is 86.9 Å². The van der Waals surface area contributed by atoms with Gasteiger partial charge in [0.15, 0.2) is 17.2 Å². The predicted octanol–water partition coefficient (Wildman–Crippen LogP) is 5.77. The summed E-state index contributed by atoms with van der Waals surface area (Å²) in [4.78, 5) is 28.5. The molecule has 0 unspecified atom stereocenters. The average molecular weight is 605 g/mol. The van der Waals surface area contributed by atoms with Crippen LogP contribution in [-0.4, -0.2) is 24.9 Å². The van der Waals surface area contributed by atoms with Gasteiger partial charge in [-0.25, -0.2) is 9.79 Å². The van der Waals surface area contributed by atoms with E-state index in [1.165, 1.54) is 7.11 Å². The summed E-state index contributed by atoms with van der Waals surface area (Å²) in [6.07, 6.45) is 2.53. The summed E-state index contributed by atoms with van der Waals surface area (Å²) < 4.78 is 17.5. The van der Waals surface area contributed by atoms with E-state index < -0.39 is 5.97 Å². The number of carbonyl (C=O) groups excluding carboxylic acids is 2. The first-order valence-electron chi connectivity index (χ1n) is 8.88. The van der Waals surface area contributed by atoms with Crippen molar-refractivity contribution in [1.29, 1.82) is 0 Å². The lowest BCUT2D eigenvalue weighted by Gasteiger charge is -2.12. The topological polar surface area (TPSA) is 74.2 Å². The van der Waals surface area contributed by atoms with E-state index in [2.05, 4.69) is 43.5 Å². The van der Waals surface area contributed by atoms with Gasteiger partial charge in [0.05, 0.1) is 22.2 Å². The van der Waals surface area contributed by atoms with E-state index >= 15 is 0 Å². The summed E-state index contributed by atoms with van der Waals surface area (Å²) in [5.74, 6) is -0.177. The zero-order valence-corrected chi connectivity index (χ0v) is 20.5. The molecule has 1 aliphatic rings. The summed E-state index contributed by atoms with van der Waals surface area (Å²) in [6, 6.07) is 8.70. The Kier molecular flexibility index (Phi) is 7.54. The Hall–Kier alpha value is -1.91. The third kappa shape index (κ3) is 5.22. The molecule has 9 heteroatoms. The number of carbonyl (C=O) groups is 2. The third-order valence-electron chi connectivity index (χ3n) is 4.00. The van der Waals surface area contributed by atoms with Crippen molar-refractivity contribution in [2.75, 3.05) is 7.11 Å². The SMILES string of the molecule is CCCC(=O)Oc1c(Br)cc(/C=C2\N=C(c3cc(I)ccc3Cl)OC2=O)cc1OC. The second kappa shape index (κ2) is 9.93. The molecule has 30 heavy (non-hydrogen) atoms. The number of benzene rings is 2. The molecule has 1 aliphatic heterocycles. The van der Waals surface area contributed by atoms with Crippen LogP contribution < -0.4 is 9.47 Å². The summed E-state index contributed by atoms with van der Waals surface area (Å²) >= 11 is 11.7. The van der Waals surface area contributed by atoms with Crippen molar-refractivity contribution in [2.45, 2.75) is 19.8 Å². The highest BCUT2D eigenvalue weighted by Gasteiger charge is 2.26. The molecule has 2 aromatic carbocycles. The predicted molar refractivity (Wildman–Crippen MR) is 126 cm³/mol. The lowest BCUT2D eigenvalue weighted by atomic mass is 10.1. The molecule has 0 N–H and O–H groups in total. The van der Waals surface area contributed by atoms with Crippen LogP contribution in [0.15, 0.2) is 45.5 Å². The lowest BCUT2D eigenvalue weighted by molar-refractivity contribution is -0.134. The summed E-state index contributed by atoms with van der Waals surface area (Å²) in [5, 5.41) is 0.436. The molecule has 3 rings (SSSR count). The Morgan fingerprint density at radius 1 is 1.33 bits per heavy atom. The van der Waals surface area contributed by atoms with Crippen molar-refractivity contribution >= 4 is 74.0 Å². The second-order valence-electron chi connectivity index (χ2n) is 6.22. The average Bonchev–Trinajstić information content (AvgIpc) is 3.06. The first kappa shape index (κ1) is 22.8. The van der Waals surface area contributed by atoms with Crippen LogP contribution in [0, 0.1) is 3.57 Å². The van der Waals surface area contributed by atoms with E-state index in [1.54, 1.807) is 30.3 Å². The normalized spacial score (nSPS) is 14.5. The molecule has 0 amide bonds. The van der Waals surface area contributed by atoms with Gasteiger partial charge in [0, 0.05) is 9.99 Å². The molecule has 0 radical (unpaired) electrons. The van der Waals surface area contributed by atoms with Crippen LogP contribution in [0.25, 0.3) is 6.08 Å². The van der Waals surface area contributed by atoms with Gasteiger partial charge in [0.2, 0.25) is 5.90 Å². The highest BCUT2D eigenvalue weighted by Crippen LogP contribution is 2.38. The van der Waals surface area contributed by atoms with E-state index in [9.17, 15) is 9.59 Å². The molecule has 0 aromatic heterocycles. The van der Waals surface area contributed by atoms with Crippen LogP contribution in [0.4, 0.5) is 0 Å². The van der Waals surface area contributed by atoms with Crippen LogP contribution in [0.3, 0.4) is 0 Å². The first-order chi connectivity index (χ1) is 14.3. The monoisotopic (exact) mass is 603 g/mol. The van der Waals surface area contributed by atoms with Gasteiger partial charge in [0.25, 0.3) is 0 Å². The van der Waals surface area contributed by atoms with Crippen molar-refractivity contribution in [3.63, 3.8) is 0 Å². The maximum atomic E-state index is 12.3. The van der Waals surface area contributed by atoms with Crippen LogP contribution in [-0.2, 0) is 14.3 Å². The summed E-state index contributed by atoms with van der Waals surface area (Å²) in [6.45, 7) is 1.89. The highest BCUT2D eigenvalue weighted by atomic mass is 127. The number of cyclic esters (lactones) is 1. The highest BCUT2D eigenvalue weighted by molar-refractivity contribution is 14.1. The standard InChI is InChI=1S/C21H16BrClINO5/c1-3-4-18(26)29-19-14(22)7-11(9-17(19)28-2)8-16-21(27)30-20(25-16)13-10-12(24)5-6-15(13)23/h5-10H,3-4H2,1-2H3/b16-8-. The molecule has 0 atom stereocenters. The smallest absolute Gasteiger partial charge is 0.363 e. The molecule has 0 bridgehead atoms. The Morgan fingerprint density at radius 3 is 2.80 bits per heavy atom. The van der Waals surface area contributed by atoms with Crippen LogP contribution in [0.1, 0.15) is 30.9 Å². The first-order valence-corrected chi connectivity index (χ1v) is 11.1. The van der Waals surface area contributed by atoms with Crippen molar-refractivity contribution in [1.82, 2.24) is 0 Å². The zero-order valence-electron chi connectivity index (χ0n) is 16.0. The number of halogens is 3. The molecule has 0 fully saturated rings. The summed E-state index contributed by atoms with van der Waals surface area (Å²) in [7, 11) is 1.47. The Bertz CT molecular complexity index is 1080. The second-order valence-corrected chi connectivity index (χ2v) is 8.73. The van der Waals surface area contributed by atoms with Gasteiger partial charge in [0.1, 0.15) is 0 Å². The molecular formula is C21H16BrClINO5. The van der Waals surface area contributed by atoms with Crippen molar-refractivity contribution < 1.29 is 23.8 Å². The number of ether oxygens (including phenoxy) is 3. The van der Waals surface area contributed by atoms with E-state index in [4.69, 9.17) is 25.8 Å². The number of hydrogen-bond acceptors (Lipinski definition) is 6. The number of aliphatic imine (C=N–C) groups is 1. The zero-order chi connectivity index (χ0) is 21.8. The fourth-order valence-electron chi connectivity index (χ4n) is 2.63. The fourth-order valence-corrected chi connectivity index (χ4v) is 3.87. The molecule has 0 saturated carbocycles. The van der Waals surface area contributed by atoms with E-state index in [0.29, 0.717) is 39.2 Å². The van der Waals surface area contributed by atoms with Gasteiger partial charge < -0.3 is 14.2 Å². The molecular weight excluding hydrogens is 588 g/mol. The van der Waals surface area contributed by atoms with Gasteiger partial charge in [-0.3, -0.25) is 4.79 Å². The minimum absolute atomic E-state index is 0.115. The van der Waals surface area contributed by atoms with Crippen molar-refractivity contribution in [3.8, 4) is 11.5 Å². The fraction of sp³-hybridized carbons (Fsp3) is 0.190. The van der Waals surface area contributed by atoms with Crippen LogP contribution >= 0.6 is 50.1 Å². The molecule has 0 saturated heterocycles. The molecule has 0 aliphatic carbocycles. The third-order valence-corrected chi connectivity index (χ3v) is 5.59. The molecule has 156 valence electrons. The summed E-state index contributed by atoms with van der Waals surface area (Å²) in [5.41, 5.74) is 1.27. The van der Waals surface area contributed by atoms with Gasteiger partial charge >= 0.3 is 11.9 Å². The van der Waals surface area contributed by atoms with E-state index in [1.807, 2.05) is 13.0 Å². The van der Waals surface area contributed by atoms with Crippen molar-refractivity contribution in [2.24, 2.45) is 4.99 Å². The number of rotatable bonds is 6.